The second kappa shape index (κ2) is 4.66. The minimum atomic E-state index is -1.07. The monoisotopic (exact) mass is 220 g/mol. The number of hydrogen-bond donors (Lipinski definition) is 0. The summed E-state index contributed by atoms with van der Waals surface area (Å²) in [7, 11) is 0. The summed E-state index contributed by atoms with van der Waals surface area (Å²) >= 11 is 0. The quantitative estimate of drug-likeness (QED) is 0.730. The smallest absolute Gasteiger partial charge is 0.267 e. The Kier molecular flexibility index (Phi) is 3.25. The van der Waals surface area contributed by atoms with Crippen molar-refractivity contribution in [2.75, 3.05) is 6.61 Å². The summed E-state index contributed by atoms with van der Waals surface area (Å²) in [6, 6.07) is 7.77. The molecule has 0 amide bonds. The van der Waals surface area contributed by atoms with Crippen molar-refractivity contribution in [1.29, 1.82) is 0 Å². The van der Waals surface area contributed by atoms with Crippen molar-refractivity contribution in [2.24, 2.45) is 0 Å². The largest absolute Gasteiger partial charge is 0.455 e. The van der Waals surface area contributed by atoms with E-state index < -0.39 is 5.79 Å². The molecule has 1 aliphatic rings. The SMILES string of the molecule is CCCOC1(C=O)CCc2ccccc2O1. The number of aryl methyl sites for hydroxylation is 1. The lowest BCUT2D eigenvalue weighted by atomic mass is 10.0. The third-order valence-corrected chi connectivity index (χ3v) is 2.73. The lowest BCUT2D eigenvalue weighted by molar-refractivity contribution is -0.187. The van der Waals surface area contributed by atoms with Crippen LogP contribution in [0.2, 0.25) is 0 Å². The van der Waals surface area contributed by atoms with Crippen LogP contribution in [0.15, 0.2) is 24.3 Å². The van der Waals surface area contributed by atoms with Crippen LogP contribution in [0, 0.1) is 0 Å². The number of carbonyl (C=O) groups is 1. The molecule has 0 aromatic heterocycles. The summed E-state index contributed by atoms with van der Waals surface area (Å²) in [5.41, 5.74) is 1.14. The Morgan fingerprint density at radius 1 is 1.50 bits per heavy atom. The fraction of sp³-hybridized carbons (Fsp3) is 0.462. The number of rotatable bonds is 4. The van der Waals surface area contributed by atoms with Crippen molar-refractivity contribution in [1.82, 2.24) is 0 Å². The van der Waals surface area contributed by atoms with Gasteiger partial charge in [-0.3, -0.25) is 4.79 Å². The Morgan fingerprint density at radius 3 is 3.06 bits per heavy atom. The van der Waals surface area contributed by atoms with Gasteiger partial charge in [0.05, 0.1) is 6.61 Å². The molecule has 0 spiro atoms. The van der Waals surface area contributed by atoms with Crippen LogP contribution in [0.25, 0.3) is 0 Å². The zero-order valence-electron chi connectivity index (χ0n) is 9.44. The van der Waals surface area contributed by atoms with E-state index in [2.05, 4.69) is 0 Å². The van der Waals surface area contributed by atoms with Gasteiger partial charge >= 0.3 is 0 Å². The van der Waals surface area contributed by atoms with Crippen molar-refractivity contribution < 1.29 is 14.3 Å². The van der Waals surface area contributed by atoms with Gasteiger partial charge in [0.2, 0.25) is 0 Å². The van der Waals surface area contributed by atoms with E-state index in [1.165, 1.54) is 0 Å². The second-order valence-electron chi connectivity index (χ2n) is 3.99. The van der Waals surface area contributed by atoms with Crippen LogP contribution in [0.1, 0.15) is 25.3 Å². The summed E-state index contributed by atoms with van der Waals surface area (Å²) < 4.78 is 11.2. The molecule has 1 aliphatic heterocycles. The lowest BCUT2D eigenvalue weighted by Gasteiger charge is -2.33. The number of hydrogen-bond acceptors (Lipinski definition) is 3. The fourth-order valence-electron chi connectivity index (χ4n) is 1.85. The number of fused-ring (bicyclic) bond motifs is 1. The summed E-state index contributed by atoms with van der Waals surface area (Å²) in [5, 5.41) is 0. The molecule has 0 radical (unpaired) electrons. The average molecular weight is 220 g/mol. The first-order valence-corrected chi connectivity index (χ1v) is 5.67. The molecule has 0 N–H and O–H groups in total. The van der Waals surface area contributed by atoms with Crippen LogP contribution in [0.5, 0.6) is 5.75 Å². The van der Waals surface area contributed by atoms with Crippen molar-refractivity contribution in [3.8, 4) is 5.75 Å². The third kappa shape index (κ3) is 2.09. The lowest BCUT2D eigenvalue weighted by Crippen LogP contribution is -2.44. The van der Waals surface area contributed by atoms with Gasteiger partial charge in [-0.05, 0) is 24.5 Å². The fourth-order valence-corrected chi connectivity index (χ4v) is 1.85. The summed E-state index contributed by atoms with van der Waals surface area (Å²) in [6.07, 6.45) is 3.06. The van der Waals surface area contributed by atoms with E-state index in [1.54, 1.807) is 0 Å². The van der Waals surface area contributed by atoms with Crippen LogP contribution in [-0.4, -0.2) is 18.7 Å². The highest BCUT2D eigenvalue weighted by molar-refractivity contribution is 5.62. The molecule has 16 heavy (non-hydrogen) atoms. The highest BCUT2D eigenvalue weighted by atomic mass is 16.7. The molecule has 0 saturated heterocycles. The van der Waals surface area contributed by atoms with Gasteiger partial charge in [0.15, 0.2) is 6.29 Å². The minimum absolute atomic E-state index is 0.543. The van der Waals surface area contributed by atoms with Crippen molar-refractivity contribution in [2.45, 2.75) is 32.0 Å². The van der Waals surface area contributed by atoms with Gasteiger partial charge in [-0.2, -0.15) is 0 Å². The predicted molar refractivity (Wildman–Crippen MR) is 60.4 cm³/mol. The molecule has 1 aromatic rings. The molecule has 1 atom stereocenters. The minimum Gasteiger partial charge on any atom is -0.455 e. The second-order valence-corrected chi connectivity index (χ2v) is 3.99. The normalized spacial score (nSPS) is 23.3. The molecule has 0 saturated carbocycles. The topological polar surface area (TPSA) is 35.5 Å². The summed E-state index contributed by atoms with van der Waals surface area (Å²) in [6.45, 7) is 2.55. The van der Waals surface area contributed by atoms with Gasteiger partial charge in [-0.15, -0.1) is 0 Å². The van der Waals surface area contributed by atoms with Gasteiger partial charge in [-0.1, -0.05) is 25.1 Å². The van der Waals surface area contributed by atoms with E-state index in [4.69, 9.17) is 9.47 Å². The van der Waals surface area contributed by atoms with E-state index in [1.807, 2.05) is 31.2 Å². The maximum atomic E-state index is 11.1. The van der Waals surface area contributed by atoms with Gasteiger partial charge in [0.25, 0.3) is 5.79 Å². The molecular weight excluding hydrogens is 204 g/mol. The van der Waals surface area contributed by atoms with Gasteiger partial charge in [0, 0.05) is 6.42 Å². The molecule has 2 rings (SSSR count). The first-order chi connectivity index (χ1) is 7.79. The van der Waals surface area contributed by atoms with Gasteiger partial charge < -0.3 is 9.47 Å². The zero-order valence-corrected chi connectivity index (χ0v) is 9.44. The Labute approximate surface area is 95.4 Å². The number of ether oxygens (including phenoxy) is 2. The molecule has 3 nitrogen and oxygen atoms in total. The Hall–Kier alpha value is -1.35. The van der Waals surface area contributed by atoms with E-state index in [0.717, 1.165) is 30.4 Å². The van der Waals surface area contributed by atoms with E-state index in [0.29, 0.717) is 13.0 Å². The Balaban J connectivity index is 2.18. The van der Waals surface area contributed by atoms with Gasteiger partial charge in [0.1, 0.15) is 5.75 Å². The van der Waals surface area contributed by atoms with Crippen LogP contribution < -0.4 is 4.74 Å². The first kappa shape index (κ1) is 11.1. The summed E-state index contributed by atoms with van der Waals surface area (Å²) in [5.74, 6) is -0.304. The van der Waals surface area contributed by atoms with Crippen molar-refractivity contribution >= 4 is 6.29 Å². The third-order valence-electron chi connectivity index (χ3n) is 2.73. The molecule has 1 unspecified atom stereocenters. The highest BCUT2D eigenvalue weighted by Crippen LogP contribution is 2.32. The van der Waals surface area contributed by atoms with Crippen LogP contribution >= 0.6 is 0 Å². The molecule has 86 valence electrons. The van der Waals surface area contributed by atoms with E-state index in [-0.39, 0.29) is 0 Å². The molecule has 0 aliphatic carbocycles. The number of aldehydes is 1. The van der Waals surface area contributed by atoms with E-state index >= 15 is 0 Å². The van der Waals surface area contributed by atoms with Gasteiger partial charge in [-0.25, -0.2) is 0 Å². The number of carbonyl (C=O) groups excluding carboxylic acids is 1. The van der Waals surface area contributed by atoms with Crippen molar-refractivity contribution in [3.05, 3.63) is 29.8 Å². The summed E-state index contributed by atoms with van der Waals surface area (Å²) in [4.78, 5) is 11.1. The predicted octanol–water partition coefficient (Wildman–Crippen LogP) is 2.33. The molecular formula is C13H16O3. The molecule has 0 fully saturated rings. The average Bonchev–Trinajstić information content (AvgIpc) is 2.36. The Morgan fingerprint density at radius 2 is 2.31 bits per heavy atom. The van der Waals surface area contributed by atoms with Crippen LogP contribution in [0.4, 0.5) is 0 Å². The van der Waals surface area contributed by atoms with E-state index in [9.17, 15) is 4.79 Å². The highest BCUT2D eigenvalue weighted by Gasteiger charge is 2.36. The first-order valence-electron chi connectivity index (χ1n) is 5.67. The van der Waals surface area contributed by atoms with Crippen molar-refractivity contribution in [3.63, 3.8) is 0 Å². The van der Waals surface area contributed by atoms with Crippen LogP contribution in [-0.2, 0) is 16.0 Å². The molecule has 1 aromatic carbocycles. The van der Waals surface area contributed by atoms with Crippen LogP contribution in [0.3, 0.4) is 0 Å². The standard InChI is InChI=1S/C13H16O3/c1-2-9-15-13(10-14)8-7-11-5-3-4-6-12(11)16-13/h3-6,10H,2,7-9H2,1H3. The molecule has 3 heteroatoms. The maximum absolute atomic E-state index is 11.1. The zero-order chi connectivity index (χ0) is 11.4. The number of para-hydroxylation sites is 1. The number of benzene rings is 1. The molecule has 0 bridgehead atoms. The maximum Gasteiger partial charge on any atom is 0.267 e. The Bertz CT molecular complexity index is 375. The molecule has 1 heterocycles.